The minimum Gasteiger partial charge on any atom is -0.466 e. The number of halogens is 2. The third kappa shape index (κ3) is 6.56. The Bertz CT molecular complexity index is 924. The second-order valence-electron chi connectivity index (χ2n) is 6.77. The molecule has 0 saturated heterocycles. The zero-order chi connectivity index (χ0) is 20.7. The summed E-state index contributed by atoms with van der Waals surface area (Å²) in [6, 6.07) is 9.46. The Balaban J connectivity index is 0.00000320. The molecule has 0 aliphatic rings. The lowest BCUT2D eigenvalue weighted by Crippen LogP contribution is -2.39. The average Bonchev–Trinajstić information content (AvgIpc) is 3.39. The Hall–Kier alpha value is -2.40. The smallest absolute Gasteiger partial charge is 0.226 e. The number of aliphatic imine (C=N–C) groups is 1. The van der Waals surface area contributed by atoms with Crippen molar-refractivity contribution >= 4 is 29.9 Å². The summed E-state index contributed by atoms with van der Waals surface area (Å²) >= 11 is 0. The largest absolute Gasteiger partial charge is 0.466 e. The molecule has 0 saturated carbocycles. The van der Waals surface area contributed by atoms with Crippen LogP contribution in [0.5, 0.6) is 0 Å². The summed E-state index contributed by atoms with van der Waals surface area (Å²) in [4.78, 5) is 8.87. The number of hydrogen-bond donors (Lipinski definition) is 3. The summed E-state index contributed by atoms with van der Waals surface area (Å²) in [5.41, 5.74) is 0.304. The maximum Gasteiger partial charge on any atom is 0.226 e. The number of aliphatic hydroxyl groups is 1. The molecule has 9 heteroatoms. The van der Waals surface area contributed by atoms with Gasteiger partial charge in [-0.25, -0.2) is 14.4 Å². The Labute approximate surface area is 191 Å². The number of hydrogen-bond acceptors (Lipinski definition) is 5. The molecule has 2 aromatic heterocycles. The number of aromatic nitrogens is 1. The van der Waals surface area contributed by atoms with E-state index < -0.39 is 5.60 Å². The first-order valence-corrected chi connectivity index (χ1v) is 9.47. The number of rotatable bonds is 8. The van der Waals surface area contributed by atoms with Gasteiger partial charge in [0, 0.05) is 25.1 Å². The van der Waals surface area contributed by atoms with Crippen LogP contribution in [0, 0.1) is 5.82 Å². The molecule has 162 valence electrons. The van der Waals surface area contributed by atoms with Crippen LogP contribution >= 0.6 is 24.0 Å². The summed E-state index contributed by atoms with van der Waals surface area (Å²) in [6.07, 6.45) is 3.73. The molecule has 0 radical (unpaired) electrons. The SMILES string of the molecule is CCNC(=NCC(C)(O)c1ccco1)NCCc1coc(-c2ccc(F)cc2)n1.I. The predicted molar refractivity (Wildman–Crippen MR) is 123 cm³/mol. The van der Waals surface area contributed by atoms with E-state index in [0.29, 0.717) is 37.1 Å². The van der Waals surface area contributed by atoms with Crippen molar-refractivity contribution in [2.24, 2.45) is 4.99 Å². The molecule has 0 bridgehead atoms. The molecule has 7 nitrogen and oxygen atoms in total. The van der Waals surface area contributed by atoms with Gasteiger partial charge in [0.05, 0.1) is 18.5 Å². The van der Waals surface area contributed by atoms with Crippen LogP contribution in [0.15, 0.2) is 62.8 Å². The molecule has 3 N–H and O–H groups in total. The highest BCUT2D eigenvalue weighted by Gasteiger charge is 2.26. The van der Waals surface area contributed by atoms with E-state index in [1.54, 1.807) is 37.5 Å². The van der Waals surface area contributed by atoms with Crippen LogP contribution in [-0.4, -0.2) is 35.7 Å². The summed E-state index contributed by atoms with van der Waals surface area (Å²) in [7, 11) is 0. The van der Waals surface area contributed by atoms with Crippen LogP contribution in [0.25, 0.3) is 11.5 Å². The zero-order valence-electron chi connectivity index (χ0n) is 16.9. The normalized spacial score (nSPS) is 13.4. The monoisotopic (exact) mass is 528 g/mol. The molecule has 0 aliphatic carbocycles. The van der Waals surface area contributed by atoms with Crippen molar-refractivity contribution < 1.29 is 18.3 Å². The van der Waals surface area contributed by atoms with Crippen LogP contribution in [0.1, 0.15) is 25.3 Å². The van der Waals surface area contributed by atoms with E-state index in [1.165, 1.54) is 18.4 Å². The van der Waals surface area contributed by atoms with Gasteiger partial charge in [0.25, 0.3) is 0 Å². The fourth-order valence-electron chi connectivity index (χ4n) is 2.69. The Morgan fingerprint density at radius 3 is 2.63 bits per heavy atom. The van der Waals surface area contributed by atoms with E-state index in [1.807, 2.05) is 6.92 Å². The summed E-state index contributed by atoms with van der Waals surface area (Å²) in [5, 5.41) is 16.9. The van der Waals surface area contributed by atoms with Crippen molar-refractivity contribution in [1.29, 1.82) is 0 Å². The van der Waals surface area contributed by atoms with Gasteiger partial charge in [-0.2, -0.15) is 0 Å². The van der Waals surface area contributed by atoms with Gasteiger partial charge in [0.15, 0.2) is 5.96 Å². The number of benzene rings is 1. The molecule has 0 spiro atoms. The Morgan fingerprint density at radius 1 is 1.20 bits per heavy atom. The van der Waals surface area contributed by atoms with Crippen molar-refractivity contribution in [3.8, 4) is 11.5 Å². The average molecular weight is 528 g/mol. The van der Waals surface area contributed by atoms with Gasteiger partial charge in [0.2, 0.25) is 5.89 Å². The van der Waals surface area contributed by atoms with E-state index in [-0.39, 0.29) is 36.3 Å². The van der Waals surface area contributed by atoms with Gasteiger partial charge in [0.1, 0.15) is 23.4 Å². The van der Waals surface area contributed by atoms with E-state index in [9.17, 15) is 9.50 Å². The van der Waals surface area contributed by atoms with E-state index >= 15 is 0 Å². The van der Waals surface area contributed by atoms with Gasteiger partial charge >= 0.3 is 0 Å². The maximum absolute atomic E-state index is 13.0. The minimum absolute atomic E-state index is 0. The molecule has 2 heterocycles. The third-order valence-corrected chi connectivity index (χ3v) is 4.26. The minimum atomic E-state index is -1.19. The van der Waals surface area contributed by atoms with Crippen LogP contribution in [0.2, 0.25) is 0 Å². The van der Waals surface area contributed by atoms with E-state index in [0.717, 1.165) is 11.3 Å². The summed E-state index contributed by atoms with van der Waals surface area (Å²) in [5.74, 6) is 1.20. The van der Waals surface area contributed by atoms with Gasteiger partial charge in [-0.3, -0.25) is 0 Å². The highest BCUT2D eigenvalue weighted by atomic mass is 127. The number of oxazole rings is 1. The topological polar surface area (TPSA) is 95.8 Å². The third-order valence-electron chi connectivity index (χ3n) is 4.26. The second kappa shape index (κ2) is 11.1. The molecule has 30 heavy (non-hydrogen) atoms. The Kier molecular flexibility index (Phi) is 8.85. The molecule has 0 fully saturated rings. The molecule has 0 amide bonds. The number of guanidine groups is 1. The highest BCUT2D eigenvalue weighted by Crippen LogP contribution is 2.21. The van der Waals surface area contributed by atoms with Gasteiger partial charge in [-0.15, -0.1) is 24.0 Å². The number of nitrogens with zero attached hydrogens (tertiary/aromatic N) is 2. The maximum atomic E-state index is 13.0. The first-order chi connectivity index (χ1) is 14.0. The van der Waals surface area contributed by atoms with Crippen molar-refractivity contribution in [1.82, 2.24) is 15.6 Å². The summed E-state index contributed by atoms with van der Waals surface area (Å²) in [6.45, 7) is 5.03. The lowest BCUT2D eigenvalue weighted by Gasteiger charge is -2.19. The molecule has 1 atom stereocenters. The zero-order valence-corrected chi connectivity index (χ0v) is 19.2. The molecule has 1 unspecified atom stereocenters. The van der Waals surface area contributed by atoms with E-state index in [4.69, 9.17) is 8.83 Å². The highest BCUT2D eigenvalue weighted by molar-refractivity contribution is 14.0. The predicted octanol–water partition coefficient (Wildman–Crippen LogP) is 3.70. The first-order valence-electron chi connectivity index (χ1n) is 9.47. The van der Waals surface area contributed by atoms with Crippen molar-refractivity contribution in [3.63, 3.8) is 0 Å². The van der Waals surface area contributed by atoms with Crippen molar-refractivity contribution in [2.45, 2.75) is 25.9 Å². The first kappa shape index (κ1) is 23.9. The standard InChI is InChI=1S/C21H25FN4O3.HI/c1-3-23-20(25-14-21(2,27)18-5-4-12-28-18)24-11-10-17-13-29-19(26-17)15-6-8-16(22)9-7-15;/h4-9,12-13,27H,3,10-11,14H2,1-2H3,(H2,23,24,25);1H. The van der Waals surface area contributed by atoms with Crippen molar-refractivity contribution in [3.05, 3.63) is 66.2 Å². The van der Waals surface area contributed by atoms with Gasteiger partial charge in [-0.1, -0.05) is 0 Å². The second-order valence-corrected chi connectivity index (χ2v) is 6.77. The van der Waals surface area contributed by atoms with Crippen LogP contribution in [-0.2, 0) is 12.0 Å². The van der Waals surface area contributed by atoms with Crippen LogP contribution in [0.3, 0.4) is 0 Å². The molecular weight excluding hydrogens is 502 g/mol. The Morgan fingerprint density at radius 2 is 1.97 bits per heavy atom. The summed E-state index contributed by atoms with van der Waals surface area (Å²) < 4.78 is 23.8. The lowest BCUT2D eigenvalue weighted by atomic mass is 10.0. The molecule has 1 aromatic carbocycles. The fraction of sp³-hybridized carbons (Fsp3) is 0.333. The lowest BCUT2D eigenvalue weighted by molar-refractivity contribution is 0.0437. The number of nitrogens with one attached hydrogen (secondary N) is 2. The van der Waals surface area contributed by atoms with Crippen LogP contribution in [0.4, 0.5) is 4.39 Å². The molecule has 3 aromatic rings. The number of furan rings is 1. The molecule has 3 rings (SSSR count). The fourth-order valence-corrected chi connectivity index (χ4v) is 2.69. The van der Waals surface area contributed by atoms with Gasteiger partial charge in [-0.05, 0) is 50.2 Å². The van der Waals surface area contributed by atoms with Crippen LogP contribution < -0.4 is 10.6 Å². The molecular formula is C21H26FIN4O3. The van der Waals surface area contributed by atoms with E-state index in [2.05, 4.69) is 20.6 Å². The van der Waals surface area contributed by atoms with Gasteiger partial charge < -0.3 is 24.6 Å². The quantitative estimate of drug-likeness (QED) is 0.235. The molecule has 0 aliphatic heterocycles. The van der Waals surface area contributed by atoms with Crippen molar-refractivity contribution in [2.75, 3.05) is 19.6 Å².